The van der Waals surface area contributed by atoms with Gasteiger partial charge in [-0.1, -0.05) is 18.2 Å². The molecular formula is C23H34IN5O2. The van der Waals surface area contributed by atoms with Crippen molar-refractivity contribution in [2.75, 3.05) is 45.4 Å². The van der Waals surface area contributed by atoms with E-state index in [0.29, 0.717) is 25.6 Å². The number of benzene rings is 1. The van der Waals surface area contributed by atoms with E-state index in [9.17, 15) is 0 Å². The van der Waals surface area contributed by atoms with Crippen LogP contribution in [0.2, 0.25) is 0 Å². The first-order valence-corrected chi connectivity index (χ1v) is 10.6. The average molecular weight is 539 g/mol. The Hall–Kier alpha value is -2.07. The number of pyridine rings is 1. The van der Waals surface area contributed by atoms with Gasteiger partial charge >= 0.3 is 0 Å². The van der Waals surface area contributed by atoms with Crippen molar-refractivity contribution in [1.82, 2.24) is 15.6 Å². The maximum absolute atomic E-state index is 5.71. The molecule has 7 nitrogen and oxygen atoms in total. The van der Waals surface area contributed by atoms with Gasteiger partial charge in [-0.15, -0.1) is 24.0 Å². The Kier molecular flexibility index (Phi) is 10.9. The van der Waals surface area contributed by atoms with Crippen LogP contribution < -0.4 is 20.3 Å². The summed E-state index contributed by atoms with van der Waals surface area (Å²) in [5, 5.41) is 6.85. The highest BCUT2D eigenvalue weighted by atomic mass is 127. The number of hydrogen-bond donors (Lipinski definition) is 2. The second-order valence-electron chi connectivity index (χ2n) is 7.39. The van der Waals surface area contributed by atoms with Gasteiger partial charge in [0.05, 0.1) is 12.6 Å². The van der Waals surface area contributed by atoms with Crippen molar-refractivity contribution in [1.29, 1.82) is 0 Å². The number of guanidine groups is 1. The largest absolute Gasteiger partial charge is 0.475 e. The normalized spacial score (nSPS) is 14.7. The van der Waals surface area contributed by atoms with Crippen LogP contribution in [0.4, 0.5) is 5.69 Å². The van der Waals surface area contributed by atoms with E-state index >= 15 is 0 Å². The lowest BCUT2D eigenvalue weighted by molar-refractivity contribution is 0.143. The van der Waals surface area contributed by atoms with E-state index in [1.54, 1.807) is 20.4 Å². The van der Waals surface area contributed by atoms with Gasteiger partial charge in [0, 0.05) is 51.2 Å². The summed E-state index contributed by atoms with van der Waals surface area (Å²) in [6.45, 7) is 6.01. The van der Waals surface area contributed by atoms with Crippen LogP contribution in [-0.4, -0.2) is 51.4 Å². The molecule has 0 saturated carbocycles. The van der Waals surface area contributed by atoms with Crippen LogP contribution in [0.25, 0.3) is 0 Å². The van der Waals surface area contributed by atoms with Crippen LogP contribution in [0, 0.1) is 0 Å². The number of halogens is 1. The Morgan fingerprint density at radius 2 is 2.00 bits per heavy atom. The molecule has 1 aromatic heterocycles. The van der Waals surface area contributed by atoms with Crippen molar-refractivity contribution in [3.8, 4) is 5.88 Å². The molecular weight excluding hydrogens is 505 g/mol. The van der Waals surface area contributed by atoms with Crippen LogP contribution in [0.15, 0.2) is 47.6 Å². The first kappa shape index (κ1) is 25.2. The Morgan fingerprint density at radius 1 is 1.19 bits per heavy atom. The number of aliphatic imine (C=N–C) groups is 1. The lowest BCUT2D eigenvalue weighted by Gasteiger charge is -2.22. The van der Waals surface area contributed by atoms with Gasteiger partial charge in [0.25, 0.3) is 0 Å². The molecule has 3 rings (SSSR count). The lowest BCUT2D eigenvalue weighted by Crippen LogP contribution is -2.38. The number of nitrogens with zero attached hydrogens (tertiary/aromatic N) is 3. The van der Waals surface area contributed by atoms with E-state index in [1.807, 2.05) is 12.1 Å². The van der Waals surface area contributed by atoms with Gasteiger partial charge in [0.15, 0.2) is 5.96 Å². The molecule has 31 heavy (non-hydrogen) atoms. The Balaban J connectivity index is 0.00000341. The summed E-state index contributed by atoms with van der Waals surface area (Å²) in [4.78, 5) is 11.2. The third-order valence-corrected chi connectivity index (χ3v) is 5.24. The van der Waals surface area contributed by atoms with E-state index in [-0.39, 0.29) is 30.0 Å². The highest BCUT2D eigenvalue weighted by molar-refractivity contribution is 14.0. The fourth-order valence-corrected chi connectivity index (χ4v) is 3.54. The standard InChI is InChI=1S/C23H33N5O2.HI/c1-18(19-8-6-10-21(16-19)28-12-4-5-13-28)27-23(24-2)26-17-20-9-7-11-25-22(20)30-15-14-29-3;/h6-11,16,18H,4-5,12-15,17H2,1-3H3,(H2,24,26,27);1H. The van der Waals surface area contributed by atoms with E-state index in [1.165, 1.54) is 24.1 Å². The lowest BCUT2D eigenvalue weighted by atomic mass is 10.1. The first-order chi connectivity index (χ1) is 14.7. The quantitative estimate of drug-likeness (QED) is 0.219. The molecule has 2 N–H and O–H groups in total. The van der Waals surface area contributed by atoms with Crippen molar-refractivity contribution in [2.45, 2.75) is 32.4 Å². The van der Waals surface area contributed by atoms with E-state index in [4.69, 9.17) is 9.47 Å². The molecule has 1 saturated heterocycles. The molecule has 2 aromatic rings. The maximum atomic E-state index is 5.71. The summed E-state index contributed by atoms with van der Waals surface area (Å²) in [6.07, 6.45) is 4.29. The third kappa shape index (κ3) is 7.53. The fourth-order valence-electron chi connectivity index (χ4n) is 3.54. The summed E-state index contributed by atoms with van der Waals surface area (Å²) >= 11 is 0. The second-order valence-corrected chi connectivity index (χ2v) is 7.39. The molecule has 0 radical (unpaired) electrons. The summed E-state index contributed by atoms with van der Waals surface area (Å²) in [6, 6.07) is 12.8. The topological polar surface area (TPSA) is 71.0 Å². The highest BCUT2D eigenvalue weighted by Crippen LogP contribution is 2.24. The SMILES string of the molecule is CN=C(NCc1cccnc1OCCOC)NC(C)c1cccc(N2CCCC2)c1.I. The number of rotatable bonds is 9. The molecule has 0 spiro atoms. The monoisotopic (exact) mass is 539 g/mol. The van der Waals surface area contributed by atoms with Gasteiger partial charge in [-0.05, 0) is 43.5 Å². The van der Waals surface area contributed by atoms with Crippen LogP contribution >= 0.6 is 24.0 Å². The molecule has 2 heterocycles. The molecule has 1 unspecified atom stereocenters. The van der Waals surface area contributed by atoms with Crippen molar-refractivity contribution in [3.05, 3.63) is 53.7 Å². The van der Waals surface area contributed by atoms with Crippen molar-refractivity contribution >= 4 is 35.6 Å². The molecule has 170 valence electrons. The number of methoxy groups -OCH3 is 1. The maximum Gasteiger partial charge on any atom is 0.218 e. The molecule has 0 amide bonds. The molecule has 1 atom stereocenters. The van der Waals surface area contributed by atoms with Crippen molar-refractivity contribution in [3.63, 3.8) is 0 Å². The van der Waals surface area contributed by atoms with Crippen molar-refractivity contribution in [2.24, 2.45) is 4.99 Å². The fraction of sp³-hybridized carbons (Fsp3) is 0.478. The molecule has 1 aromatic carbocycles. The van der Waals surface area contributed by atoms with E-state index in [2.05, 4.69) is 56.7 Å². The Labute approximate surface area is 202 Å². The molecule has 1 aliphatic heterocycles. The summed E-state index contributed by atoms with van der Waals surface area (Å²) in [7, 11) is 3.43. The number of anilines is 1. The first-order valence-electron chi connectivity index (χ1n) is 10.6. The second kappa shape index (κ2) is 13.4. The van der Waals surface area contributed by atoms with Gasteiger partial charge in [0.2, 0.25) is 5.88 Å². The smallest absolute Gasteiger partial charge is 0.218 e. The van der Waals surface area contributed by atoms with Crippen LogP contribution in [0.5, 0.6) is 5.88 Å². The minimum atomic E-state index is 0. The molecule has 1 aliphatic rings. The number of aromatic nitrogens is 1. The summed E-state index contributed by atoms with van der Waals surface area (Å²) < 4.78 is 10.8. The number of hydrogen-bond acceptors (Lipinski definition) is 5. The van der Waals surface area contributed by atoms with Crippen molar-refractivity contribution < 1.29 is 9.47 Å². The zero-order valence-electron chi connectivity index (χ0n) is 18.6. The summed E-state index contributed by atoms with van der Waals surface area (Å²) in [5.74, 6) is 1.35. The van der Waals surface area contributed by atoms with Crippen LogP contribution in [0.3, 0.4) is 0 Å². The van der Waals surface area contributed by atoms with Gasteiger partial charge in [-0.25, -0.2) is 4.98 Å². The van der Waals surface area contributed by atoms with Gasteiger partial charge in [-0.2, -0.15) is 0 Å². The predicted octanol–water partition coefficient (Wildman–Crippen LogP) is 3.75. The molecule has 0 bridgehead atoms. The van der Waals surface area contributed by atoms with Gasteiger partial charge in [-0.3, -0.25) is 4.99 Å². The average Bonchev–Trinajstić information content (AvgIpc) is 3.32. The van der Waals surface area contributed by atoms with Crippen LogP contribution in [0.1, 0.15) is 36.9 Å². The zero-order chi connectivity index (χ0) is 21.2. The Morgan fingerprint density at radius 3 is 2.74 bits per heavy atom. The predicted molar refractivity (Wildman–Crippen MR) is 137 cm³/mol. The number of nitrogens with one attached hydrogen (secondary N) is 2. The minimum absolute atomic E-state index is 0. The summed E-state index contributed by atoms with van der Waals surface area (Å²) in [5.41, 5.74) is 3.52. The zero-order valence-corrected chi connectivity index (χ0v) is 21.0. The molecule has 8 heteroatoms. The number of ether oxygens (including phenoxy) is 2. The van der Waals surface area contributed by atoms with Gasteiger partial charge in [0.1, 0.15) is 6.61 Å². The minimum Gasteiger partial charge on any atom is -0.475 e. The van der Waals surface area contributed by atoms with E-state index in [0.717, 1.165) is 24.6 Å². The van der Waals surface area contributed by atoms with Crippen LogP contribution in [-0.2, 0) is 11.3 Å². The van der Waals surface area contributed by atoms with Gasteiger partial charge < -0.3 is 25.0 Å². The highest BCUT2D eigenvalue weighted by Gasteiger charge is 2.15. The Bertz CT molecular complexity index is 827. The van der Waals surface area contributed by atoms with E-state index < -0.39 is 0 Å². The third-order valence-electron chi connectivity index (χ3n) is 5.24. The molecule has 1 fully saturated rings. The molecule has 0 aliphatic carbocycles.